The lowest BCUT2D eigenvalue weighted by Gasteiger charge is -2.34. The molecule has 0 heterocycles. The van der Waals surface area contributed by atoms with Crippen molar-refractivity contribution < 1.29 is 8.42 Å². The van der Waals surface area contributed by atoms with Gasteiger partial charge in [0.2, 0.25) is 0 Å². The van der Waals surface area contributed by atoms with E-state index in [2.05, 4.69) is 19.2 Å². The summed E-state index contributed by atoms with van der Waals surface area (Å²) in [5.74, 6) is 2.77. The van der Waals surface area contributed by atoms with Crippen LogP contribution in [-0.4, -0.2) is 44.0 Å². The number of sulfone groups is 1. The Hall–Kier alpha value is 0.260. The average Bonchev–Trinajstić information content (AvgIpc) is 2.38. The van der Waals surface area contributed by atoms with Crippen LogP contribution in [0.15, 0.2) is 0 Å². The highest BCUT2D eigenvalue weighted by atomic mass is 32.2. The molecule has 0 spiro atoms. The minimum absolute atomic E-state index is 0.108. The van der Waals surface area contributed by atoms with Gasteiger partial charge in [0.15, 0.2) is 0 Å². The molecule has 1 aliphatic carbocycles. The van der Waals surface area contributed by atoms with Crippen LogP contribution in [0.1, 0.15) is 46.0 Å². The maximum absolute atomic E-state index is 11.8. The third-order valence-electron chi connectivity index (χ3n) is 4.00. The fourth-order valence-corrected chi connectivity index (χ4v) is 4.94. The van der Waals surface area contributed by atoms with Crippen LogP contribution in [0.3, 0.4) is 0 Å². The molecule has 0 radical (unpaired) electrons. The SMILES string of the molecule is CCCNC(CSCC)C1CCCC(S(C)(=O)=O)C1. The first kappa shape index (κ1) is 17.3. The van der Waals surface area contributed by atoms with Crippen LogP contribution < -0.4 is 5.32 Å². The summed E-state index contributed by atoms with van der Waals surface area (Å²) in [5.41, 5.74) is 0. The van der Waals surface area contributed by atoms with Crippen molar-refractivity contribution in [2.24, 2.45) is 5.92 Å². The molecular formula is C14H29NO2S2. The van der Waals surface area contributed by atoms with Crippen LogP contribution in [0.4, 0.5) is 0 Å². The van der Waals surface area contributed by atoms with Crippen LogP contribution in [0.25, 0.3) is 0 Å². The predicted molar refractivity (Wildman–Crippen MR) is 85.7 cm³/mol. The Labute approximate surface area is 123 Å². The van der Waals surface area contributed by atoms with E-state index in [1.165, 1.54) is 12.7 Å². The quantitative estimate of drug-likeness (QED) is 0.749. The summed E-state index contributed by atoms with van der Waals surface area (Å²) in [7, 11) is -2.87. The molecular weight excluding hydrogens is 278 g/mol. The molecule has 114 valence electrons. The zero-order chi connectivity index (χ0) is 14.3. The lowest BCUT2D eigenvalue weighted by molar-refractivity contribution is 0.286. The maximum Gasteiger partial charge on any atom is 0.150 e. The Kier molecular flexibility index (Phi) is 7.77. The fourth-order valence-electron chi connectivity index (χ4n) is 2.87. The molecule has 0 bridgehead atoms. The van der Waals surface area contributed by atoms with Crippen molar-refractivity contribution in [2.75, 3.05) is 24.3 Å². The summed E-state index contributed by atoms with van der Waals surface area (Å²) in [6.45, 7) is 5.40. The maximum atomic E-state index is 11.8. The summed E-state index contributed by atoms with van der Waals surface area (Å²) in [6, 6.07) is 0.481. The van der Waals surface area contributed by atoms with Crippen molar-refractivity contribution in [3.8, 4) is 0 Å². The summed E-state index contributed by atoms with van der Waals surface area (Å²) in [4.78, 5) is 0. The zero-order valence-corrected chi connectivity index (χ0v) is 14.2. The van der Waals surface area contributed by atoms with Crippen molar-refractivity contribution >= 4 is 21.6 Å². The van der Waals surface area contributed by atoms with Crippen LogP contribution in [-0.2, 0) is 9.84 Å². The number of thioether (sulfide) groups is 1. The van der Waals surface area contributed by atoms with Crippen molar-refractivity contribution in [3.05, 3.63) is 0 Å². The number of nitrogens with one attached hydrogen (secondary N) is 1. The molecule has 1 N–H and O–H groups in total. The van der Waals surface area contributed by atoms with Crippen molar-refractivity contribution in [1.82, 2.24) is 5.32 Å². The monoisotopic (exact) mass is 307 g/mol. The molecule has 19 heavy (non-hydrogen) atoms. The molecule has 1 rings (SSSR count). The minimum atomic E-state index is -2.87. The number of hydrogen-bond acceptors (Lipinski definition) is 4. The molecule has 1 saturated carbocycles. The third kappa shape index (κ3) is 6.05. The fraction of sp³-hybridized carbons (Fsp3) is 1.00. The van der Waals surface area contributed by atoms with Gasteiger partial charge in [-0.05, 0) is 43.9 Å². The molecule has 1 fully saturated rings. The first-order valence-electron chi connectivity index (χ1n) is 7.49. The normalized spacial score (nSPS) is 26.3. The van der Waals surface area contributed by atoms with E-state index in [9.17, 15) is 8.42 Å². The van der Waals surface area contributed by atoms with Crippen molar-refractivity contribution in [3.63, 3.8) is 0 Å². The lowest BCUT2D eigenvalue weighted by atomic mass is 9.84. The lowest BCUT2D eigenvalue weighted by Crippen LogP contribution is -2.43. The van der Waals surface area contributed by atoms with Gasteiger partial charge in [0.1, 0.15) is 9.84 Å². The highest BCUT2D eigenvalue weighted by Crippen LogP contribution is 2.31. The van der Waals surface area contributed by atoms with Gasteiger partial charge in [-0.1, -0.05) is 20.3 Å². The summed E-state index contributed by atoms with van der Waals surface area (Å²) < 4.78 is 23.5. The van der Waals surface area contributed by atoms with Gasteiger partial charge in [-0.3, -0.25) is 0 Å². The Morgan fingerprint density at radius 1 is 1.32 bits per heavy atom. The van der Waals surface area contributed by atoms with E-state index in [1.807, 2.05) is 11.8 Å². The van der Waals surface area contributed by atoms with E-state index in [-0.39, 0.29) is 5.25 Å². The van der Waals surface area contributed by atoms with Crippen LogP contribution in [0, 0.1) is 5.92 Å². The molecule has 3 unspecified atom stereocenters. The average molecular weight is 308 g/mol. The Balaban J connectivity index is 2.61. The topological polar surface area (TPSA) is 46.2 Å². The van der Waals surface area contributed by atoms with Gasteiger partial charge in [-0.25, -0.2) is 8.42 Å². The number of rotatable bonds is 8. The van der Waals surface area contributed by atoms with E-state index in [4.69, 9.17) is 0 Å². The van der Waals surface area contributed by atoms with Gasteiger partial charge < -0.3 is 5.32 Å². The van der Waals surface area contributed by atoms with Gasteiger partial charge in [0, 0.05) is 18.1 Å². The van der Waals surface area contributed by atoms with Crippen molar-refractivity contribution in [1.29, 1.82) is 0 Å². The van der Waals surface area contributed by atoms with Crippen LogP contribution in [0.2, 0.25) is 0 Å². The molecule has 0 saturated heterocycles. The standard InChI is InChI=1S/C14H29NO2S2/c1-4-9-15-14(11-18-5-2)12-7-6-8-13(10-12)19(3,16)17/h12-15H,4-11H2,1-3H3. The van der Waals surface area contributed by atoms with E-state index in [0.717, 1.165) is 43.7 Å². The third-order valence-corrected chi connectivity index (χ3v) is 6.64. The predicted octanol–water partition coefficient (Wildman–Crippen LogP) is 2.71. The Bertz CT molecular complexity index is 335. The van der Waals surface area contributed by atoms with Crippen LogP contribution in [0.5, 0.6) is 0 Å². The second-order valence-corrected chi connectivity index (χ2v) is 9.24. The Morgan fingerprint density at radius 3 is 2.63 bits per heavy atom. The molecule has 0 aromatic carbocycles. The molecule has 1 aliphatic rings. The summed E-state index contributed by atoms with van der Waals surface area (Å²) in [5, 5.41) is 3.52. The number of hydrogen-bond donors (Lipinski definition) is 1. The molecule has 3 nitrogen and oxygen atoms in total. The van der Waals surface area contributed by atoms with E-state index in [0.29, 0.717) is 12.0 Å². The molecule has 3 atom stereocenters. The van der Waals surface area contributed by atoms with Gasteiger partial charge in [-0.2, -0.15) is 11.8 Å². The summed E-state index contributed by atoms with van der Waals surface area (Å²) >= 11 is 1.96. The first-order chi connectivity index (χ1) is 8.99. The smallest absolute Gasteiger partial charge is 0.150 e. The van der Waals surface area contributed by atoms with Gasteiger partial charge >= 0.3 is 0 Å². The van der Waals surface area contributed by atoms with Gasteiger partial charge in [0.05, 0.1) is 5.25 Å². The molecule has 5 heteroatoms. The van der Waals surface area contributed by atoms with E-state index < -0.39 is 9.84 Å². The molecule has 0 aromatic heterocycles. The second kappa shape index (κ2) is 8.53. The first-order valence-corrected chi connectivity index (χ1v) is 10.6. The van der Waals surface area contributed by atoms with E-state index >= 15 is 0 Å². The van der Waals surface area contributed by atoms with Gasteiger partial charge in [-0.15, -0.1) is 0 Å². The minimum Gasteiger partial charge on any atom is -0.313 e. The molecule has 0 amide bonds. The molecule has 0 aliphatic heterocycles. The van der Waals surface area contributed by atoms with E-state index in [1.54, 1.807) is 0 Å². The highest BCUT2D eigenvalue weighted by Gasteiger charge is 2.32. The highest BCUT2D eigenvalue weighted by molar-refractivity contribution is 7.99. The van der Waals surface area contributed by atoms with Gasteiger partial charge in [0.25, 0.3) is 0 Å². The molecule has 0 aromatic rings. The second-order valence-electron chi connectivity index (χ2n) is 5.60. The zero-order valence-electron chi connectivity index (χ0n) is 12.5. The van der Waals surface area contributed by atoms with Crippen LogP contribution >= 0.6 is 11.8 Å². The largest absolute Gasteiger partial charge is 0.313 e. The Morgan fingerprint density at radius 2 is 2.05 bits per heavy atom. The van der Waals surface area contributed by atoms with Crippen molar-refractivity contribution in [2.45, 2.75) is 57.2 Å². The summed E-state index contributed by atoms with van der Waals surface area (Å²) in [6.07, 6.45) is 6.48.